The van der Waals surface area contributed by atoms with E-state index in [2.05, 4.69) is 15.3 Å². The summed E-state index contributed by atoms with van der Waals surface area (Å²) in [5.41, 5.74) is 1.14. The van der Waals surface area contributed by atoms with E-state index in [0.29, 0.717) is 36.6 Å². The molecule has 0 saturated heterocycles. The lowest BCUT2D eigenvalue weighted by molar-refractivity contribution is -0.904. The summed E-state index contributed by atoms with van der Waals surface area (Å²) in [6.07, 6.45) is 0. The molecule has 28 heavy (non-hydrogen) atoms. The lowest BCUT2D eigenvalue weighted by atomic mass is 10.2. The molecule has 7 nitrogen and oxygen atoms in total. The van der Waals surface area contributed by atoms with Gasteiger partial charge in [-0.1, -0.05) is 18.2 Å². The van der Waals surface area contributed by atoms with Crippen LogP contribution in [0, 0.1) is 0 Å². The van der Waals surface area contributed by atoms with Gasteiger partial charge in [0.2, 0.25) is 5.58 Å². The molecule has 4 rings (SSSR count). The van der Waals surface area contributed by atoms with Crippen LogP contribution in [0.2, 0.25) is 0 Å². The van der Waals surface area contributed by atoms with Crippen LogP contribution in [-0.4, -0.2) is 29.0 Å². The van der Waals surface area contributed by atoms with Gasteiger partial charge in [0.25, 0.3) is 11.5 Å². The van der Waals surface area contributed by atoms with Gasteiger partial charge in [-0.05, 0) is 30.5 Å². The summed E-state index contributed by atoms with van der Waals surface area (Å²) in [6, 6.07) is 11.4. The lowest BCUT2D eigenvalue weighted by Crippen LogP contribution is -3.11. The van der Waals surface area contributed by atoms with Crippen molar-refractivity contribution in [1.82, 2.24) is 15.3 Å². The number of H-pyrrole nitrogens is 1. The first-order chi connectivity index (χ1) is 13.6. The fraction of sp³-hybridized carbons (Fsp3) is 0.250. The Bertz CT molecular complexity index is 1160. The summed E-state index contributed by atoms with van der Waals surface area (Å²) >= 11 is 1.62. The van der Waals surface area contributed by atoms with E-state index in [1.54, 1.807) is 11.3 Å². The maximum atomic E-state index is 12.4. The van der Waals surface area contributed by atoms with Gasteiger partial charge in [0.05, 0.1) is 13.1 Å². The molecule has 1 amide bonds. The van der Waals surface area contributed by atoms with Gasteiger partial charge >= 0.3 is 0 Å². The van der Waals surface area contributed by atoms with E-state index in [9.17, 15) is 9.59 Å². The van der Waals surface area contributed by atoms with Crippen molar-refractivity contribution in [1.29, 1.82) is 0 Å². The smallest absolute Gasteiger partial charge is 0.294 e. The highest BCUT2D eigenvalue weighted by molar-refractivity contribution is 7.09. The minimum Gasteiger partial charge on any atom is -0.449 e. The Labute approximate surface area is 165 Å². The summed E-state index contributed by atoms with van der Waals surface area (Å²) in [6.45, 7) is 4.05. The number of benzene rings is 1. The number of aromatic amines is 1. The number of rotatable bonds is 7. The van der Waals surface area contributed by atoms with E-state index in [4.69, 9.17) is 4.42 Å². The standard InChI is InChI=1S/C20H20N4O3S/c1-2-24(12-17(25)21-10-13-6-5-9-28-13)11-16-22-18-14-7-3-4-8-15(14)27-19(18)20(26)23-16/h3-9H,2,10-12H2,1H3,(H,21,25)(H,22,23,26)/p+1. The number of thiophene rings is 1. The molecule has 0 saturated carbocycles. The van der Waals surface area contributed by atoms with E-state index < -0.39 is 0 Å². The largest absolute Gasteiger partial charge is 0.449 e. The summed E-state index contributed by atoms with van der Waals surface area (Å²) in [4.78, 5) is 34.2. The van der Waals surface area contributed by atoms with Crippen LogP contribution in [0.15, 0.2) is 51.0 Å². The van der Waals surface area contributed by atoms with Gasteiger partial charge in [0.1, 0.15) is 17.6 Å². The number of amides is 1. The molecule has 3 N–H and O–H groups in total. The van der Waals surface area contributed by atoms with E-state index >= 15 is 0 Å². The molecule has 1 unspecified atom stereocenters. The second-order valence-electron chi connectivity index (χ2n) is 6.60. The molecule has 0 bridgehead atoms. The summed E-state index contributed by atoms with van der Waals surface area (Å²) < 4.78 is 5.63. The number of hydrogen-bond donors (Lipinski definition) is 3. The van der Waals surface area contributed by atoms with Crippen LogP contribution in [0.5, 0.6) is 0 Å². The molecule has 1 atom stereocenters. The van der Waals surface area contributed by atoms with Crippen molar-refractivity contribution in [3.05, 3.63) is 62.8 Å². The summed E-state index contributed by atoms with van der Waals surface area (Å²) in [5, 5.41) is 5.75. The number of hydrogen-bond acceptors (Lipinski definition) is 5. The van der Waals surface area contributed by atoms with Crippen molar-refractivity contribution in [2.24, 2.45) is 0 Å². The van der Waals surface area contributed by atoms with Crippen molar-refractivity contribution in [2.75, 3.05) is 13.1 Å². The zero-order valence-corrected chi connectivity index (χ0v) is 16.3. The predicted octanol–water partition coefficient (Wildman–Crippen LogP) is 1.45. The van der Waals surface area contributed by atoms with Crippen molar-refractivity contribution in [3.8, 4) is 0 Å². The molecule has 0 fully saturated rings. The number of nitrogens with one attached hydrogen (secondary N) is 3. The number of quaternary nitrogens is 1. The Morgan fingerprint density at radius 1 is 1.29 bits per heavy atom. The number of likely N-dealkylation sites (N-methyl/N-ethyl adjacent to an activating group) is 1. The predicted molar refractivity (Wildman–Crippen MR) is 108 cm³/mol. The monoisotopic (exact) mass is 397 g/mol. The Balaban J connectivity index is 1.50. The number of carbonyl (C=O) groups is 1. The molecule has 144 valence electrons. The molecule has 1 aromatic carbocycles. The highest BCUT2D eigenvalue weighted by atomic mass is 32.1. The molecule has 3 aromatic heterocycles. The number of nitrogens with zero attached hydrogens (tertiary/aromatic N) is 1. The number of fused-ring (bicyclic) bond motifs is 3. The Hall–Kier alpha value is -2.97. The Morgan fingerprint density at radius 3 is 2.93 bits per heavy atom. The van der Waals surface area contributed by atoms with E-state index in [1.165, 1.54) is 0 Å². The topological polar surface area (TPSA) is 92.4 Å². The fourth-order valence-electron chi connectivity index (χ4n) is 3.17. The first-order valence-electron chi connectivity index (χ1n) is 9.17. The van der Waals surface area contributed by atoms with Crippen LogP contribution in [0.4, 0.5) is 0 Å². The zero-order valence-electron chi connectivity index (χ0n) is 15.5. The number of para-hydroxylation sites is 1. The molecule has 0 aliphatic carbocycles. The highest BCUT2D eigenvalue weighted by Gasteiger charge is 2.18. The maximum Gasteiger partial charge on any atom is 0.294 e. The number of aromatic nitrogens is 2. The molecular weight excluding hydrogens is 376 g/mol. The third-order valence-corrected chi connectivity index (χ3v) is 5.52. The van der Waals surface area contributed by atoms with E-state index in [-0.39, 0.29) is 17.0 Å². The molecule has 3 heterocycles. The molecule has 0 aliphatic heterocycles. The summed E-state index contributed by atoms with van der Waals surface area (Å²) in [7, 11) is 0. The van der Waals surface area contributed by atoms with Crippen LogP contribution in [0.1, 0.15) is 17.6 Å². The minimum absolute atomic E-state index is 0.0255. The average molecular weight is 397 g/mol. The van der Waals surface area contributed by atoms with Gasteiger partial charge in [-0.25, -0.2) is 4.98 Å². The Kier molecular flexibility index (Phi) is 5.23. The fourth-order valence-corrected chi connectivity index (χ4v) is 3.81. The van der Waals surface area contributed by atoms with Crippen LogP contribution >= 0.6 is 11.3 Å². The second-order valence-corrected chi connectivity index (χ2v) is 7.63. The van der Waals surface area contributed by atoms with Crippen molar-refractivity contribution in [3.63, 3.8) is 0 Å². The second kappa shape index (κ2) is 7.95. The van der Waals surface area contributed by atoms with Crippen LogP contribution < -0.4 is 15.8 Å². The molecule has 4 aromatic rings. The van der Waals surface area contributed by atoms with Gasteiger partial charge in [-0.3, -0.25) is 9.59 Å². The van der Waals surface area contributed by atoms with Gasteiger partial charge < -0.3 is 19.6 Å². The van der Waals surface area contributed by atoms with Crippen molar-refractivity contribution >= 4 is 39.3 Å². The third-order valence-electron chi connectivity index (χ3n) is 4.65. The highest BCUT2D eigenvalue weighted by Crippen LogP contribution is 2.24. The van der Waals surface area contributed by atoms with Crippen LogP contribution in [-0.2, 0) is 17.9 Å². The summed E-state index contributed by atoms with van der Waals surface area (Å²) in [5.74, 6) is 0.523. The van der Waals surface area contributed by atoms with E-state index in [1.807, 2.05) is 48.7 Å². The molecular formula is C20H21N4O3S+. The van der Waals surface area contributed by atoms with E-state index in [0.717, 1.165) is 21.7 Å². The normalized spacial score (nSPS) is 12.5. The molecule has 8 heteroatoms. The first-order valence-corrected chi connectivity index (χ1v) is 10.0. The average Bonchev–Trinajstić information content (AvgIpc) is 3.34. The zero-order chi connectivity index (χ0) is 19.5. The van der Waals surface area contributed by atoms with Crippen LogP contribution in [0.25, 0.3) is 22.1 Å². The van der Waals surface area contributed by atoms with Gasteiger partial charge in [0.15, 0.2) is 12.4 Å². The Morgan fingerprint density at radius 2 is 2.14 bits per heavy atom. The SMILES string of the molecule is CC[NH+](CC(=O)NCc1cccs1)Cc1nc2c(oc3ccccc32)c(=O)[nH]1. The van der Waals surface area contributed by atoms with Gasteiger partial charge in [-0.2, -0.15) is 0 Å². The van der Waals surface area contributed by atoms with Gasteiger partial charge in [0, 0.05) is 10.3 Å². The number of furan rings is 1. The quantitative estimate of drug-likeness (QED) is 0.440. The maximum absolute atomic E-state index is 12.4. The minimum atomic E-state index is -0.297. The lowest BCUT2D eigenvalue weighted by Gasteiger charge is -2.16. The van der Waals surface area contributed by atoms with Crippen molar-refractivity contribution < 1.29 is 14.1 Å². The van der Waals surface area contributed by atoms with Crippen molar-refractivity contribution in [2.45, 2.75) is 20.0 Å². The molecule has 0 aliphatic rings. The number of carbonyl (C=O) groups excluding carboxylic acids is 1. The molecule has 0 radical (unpaired) electrons. The van der Waals surface area contributed by atoms with Gasteiger partial charge in [-0.15, -0.1) is 11.3 Å². The third kappa shape index (κ3) is 3.83. The molecule has 0 spiro atoms. The van der Waals surface area contributed by atoms with Crippen LogP contribution in [0.3, 0.4) is 0 Å². The first kappa shape index (κ1) is 18.4.